The van der Waals surface area contributed by atoms with Crippen LogP contribution in [0.3, 0.4) is 0 Å². The Bertz CT molecular complexity index is 619. The van der Waals surface area contributed by atoms with Gasteiger partial charge in [-0.1, -0.05) is 11.6 Å². The molecule has 1 aromatic carbocycles. The van der Waals surface area contributed by atoms with E-state index >= 15 is 0 Å². The van der Waals surface area contributed by atoms with Gasteiger partial charge in [0.1, 0.15) is 11.5 Å². The molecule has 0 saturated carbocycles. The minimum Gasteiger partial charge on any atom is -0.497 e. The predicted octanol–water partition coefficient (Wildman–Crippen LogP) is 3.68. The third-order valence-electron chi connectivity index (χ3n) is 3.35. The van der Waals surface area contributed by atoms with Gasteiger partial charge in [-0.15, -0.1) is 0 Å². The smallest absolute Gasteiger partial charge is 0.152 e. The first-order chi connectivity index (χ1) is 9.78. The molecule has 2 aromatic rings. The first-order valence-electron chi connectivity index (χ1n) is 6.45. The first-order valence-corrected chi connectivity index (χ1v) is 6.83. The molecule has 1 aromatic heterocycles. The molecule has 3 rings (SSSR count). The summed E-state index contributed by atoms with van der Waals surface area (Å²) in [5.74, 6) is 1.70. The van der Waals surface area contributed by atoms with Crippen LogP contribution in [0.25, 0.3) is 0 Å². The molecule has 0 aliphatic carbocycles. The molecule has 2 heterocycles. The number of nitrogens with zero attached hydrogens (tertiary/aromatic N) is 1. The zero-order valence-electron chi connectivity index (χ0n) is 11.1. The van der Waals surface area contributed by atoms with Gasteiger partial charge >= 0.3 is 0 Å². The SMILES string of the molecule is COc1ccc2c(c1)C(Nc1cccnc1Cl)CCO2. The van der Waals surface area contributed by atoms with Gasteiger partial charge in [0.2, 0.25) is 0 Å². The summed E-state index contributed by atoms with van der Waals surface area (Å²) < 4.78 is 11.0. The van der Waals surface area contributed by atoms with E-state index in [4.69, 9.17) is 21.1 Å². The zero-order chi connectivity index (χ0) is 13.9. The molecule has 0 fully saturated rings. The third kappa shape index (κ3) is 2.51. The molecular weight excluding hydrogens is 276 g/mol. The van der Waals surface area contributed by atoms with E-state index in [9.17, 15) is 0 Å². The Balaban J connectivity index is 1.91. The Morgan fingerprint density at radius 3 is 3.10 bits per heavy atom. The molecule has 0 bridgehead atoms. The van der Waals surface area contributed by atoms with Crippen LogP contribution < -0.4 is 14.8 Å². The summed E-state index contributed by atoms with van der Waals surface area (Å²) >= 11 is 6.10. The Kier molecular flexibility index (Phi) is 3.65. The van der Waals surface area contributed by atoms with Crippen LogP contribution >= 0.6 is 11.6 Å². The summed E-state index contributed by atoms with van der Waals surface area (Å²) in [6.07, 6.45) is 2.54. The normalized spacial score (nSPS) is 17.0. The van der Waals surface area contributed by atoms with Gasteiger partial charge in [0.15, 0.2) is 5.15 Å². The highest BCUT2D eigenvalue weighted by Crippen LogP contribution is 2.37. The summed E-state index contributed by atoms with van der Waals surface area (Å²) in [4.78, 5) is 4.08. The van der Waals surface area contributed by atoms with Crippen molar-refractivity contribution in [2.75, 3.05) is 19.0 Å². The number of aromatic nitrogens is 1. The van der Waals surface area contributed by atoms with Crippen molar-refractivity contribution in [3.8, 4) is 11.5 Å². The number of nitrogens with one attached hydrogen (secondary N) is 1. The van der Waals surface area contributed by atoms with E-state index in [1.807, 2.05) is 30.3 Å². The van der Waals surface area contributed by atoms with Crippen LogP contribution in [0.15, 0.2) is 36.5 Å². The number of hydrogen-bond donors (Lipinski definition) is 1. The second-order valence-electron chi connectivity index (χ2n) is 4.58. The Hall–Kier alpha value is -1.94. The Morgan fingerprint density at radius 2 is 2.30 bits per heavy atom. The molecule has 1 unspecified atom stereocenters. The summed E-state index contributed by atoms with van der Waals surface area (Å²) in [6.45, 7) is 0.675. The lowest BCUT2D eigenvalue weighted by molar-refractivity contribution is 0.273. The van der Waals surface area contributed by atoms with Crippen LogP contribution in [-0.4, -0.2) is 18.7 Å². The third-order valence-corrected chi connectivity index (χ3v) is 3.65. The topological polar surface area (TPSA) is 43.4 Å². The van der Waals surface area contributed by atoms with Crippen molar-refractivity contribution in [3.05, 3.63) is 47.2 Å². The van der Waals surface area contributed by atoms with Crippen molar-refractivity contribution < 1.29 is 9.47 Å². The molecule has 1 atom stereocenters. The quantitative estimate of drug-likeness (QED) is 0.876. The minimum atomic E-state index is 0.135. The minimum absolute atomic E-state index is 0.135. The molecule has 5 heteroatoms. The van der Waals surface area contributed by atoms with E-state index < -0.39 is 0 Å². The zero-order valence-corrected chi connectivity index (χ0v) is 11.9. The predicted molar refractivity (Wildman–Crippen MR) is 78.7 cm³/mol. The van der Waals surface area contributed by atoms with Gasteiger partial charge in [0.05, 0.1) is 25.4 Å². The molecule has 0 radical (unpaired) electrons. The molecule has 0 amide bonds. The number of methoxy groups -OCH3 is 1. The van der Waals surface area contributed by atoms with Crippen molar-refractivity contribution in [3.63, 3.8) is 0 Å². The number of benzene rings is 1. The van der Waals surface area contributed by atoms with Crippen molar-refractivity contribution in [1.29, 1.82) is 0 Å². The van der Waals surface area contributed by atoms with Crippen LogP contribution in [-0.2, 0) is 0 Å². The number of pyridine rings is 1. The lowest BCUT2D eigenvalue weighted by Crippen LogP contribution is -2.20. The van der Waals surface area contributed by atoms with Crippen LogP contribution in [0.5, 0.6) is 11.5 Å². The van der Waals surface area contributed by atoms with Gasteiger partial charge in [0, 0.05) is 18.2 Å². The van der Waals surface area contributed by atoms with Gasteiger partial charge in [-0.3, -0.25) is 0 Å². The van der Waals surface area contributed by atoms with E-state index in [-0.39, 0.29) is 6.04 Å². The molecule has 0 spiro atoms. The summed E-state index contributed by atoms with van der Waals surface area (Å²) in [5, 5.41) is 3.90. The number of ether oxygens (including phenoxy) is 2. The van der Waals surface area contributed by atoms with Crippen LogP contribution in [0.2, 0.25) is 5.15 Å². The van der Waals surface area contributed by atoms with Gasteiger partial charge in [-0.2, -0.15) is 0 Å². The first kappa shape index (κ1) is 13.1. The fraction of sp³-hybridized carbons (Fsp3) is 0.267. The number of anilines is 1. The van der Waals surface area contributed by atoms with Crippen molar-refractivity contribution >= 4 is 17.3 Å². The molecular formula is C15H15ClN2O2. The molecule has 0 saturated heterocycles. The molecule has 1 aliphatic heterocycles. The monoisotopic (exact) mass is 290 g/mol. The van der Waals surface area contributed by atoms with Crippen molar-refractivity contribution in [2.45, 2.75) is 12.5 Å². The summed E-state index contributed by atoms with van der Waals surface area (Å²) in [5.41, 5.74) is 1.91. The molecule has 104 valence electrons. The summed E-state index contributed by atoms with van der Waals surface area (Å²) in [7, 11) is 1.66. The maximum atomic E-state index is 6.10. The van der Waals surface area contributed by atoms with Crippen LogP contribution in [0.1, 0.15) is 18.0 Å². The van der Waals surface area contributed by atoms with Gasteiger partial charge in [0.25, 0.3) is 0 Å². The molecule has 1 N–H and O–H groups in total. The van der Waals surface area contributed by atoms with Crippen molar-refractivity contribution in [1.82, 2.24) is 4.98 Å². The highest BCUT2D eigenvalue weighted by atomic mass is 35.5. The Labute approximate surface area is 122 Å². The molecule has 20 heavy (non-hydrogen) atoms. The Morgan fingerprint density at radius 1 is 1.40 bits per heavy atom. The highest BCUT2D eigenvalue weighted by Gasteiger charge is 2.22. The van der Waals surface area contributed by atoms with Gasteiger partial charge in [-0.25, -0.2) is 4.98 Å². The fourth-order valence-electron chi connectivity index (χ4n) is 2.33. The number of hydrogen-bond acceptors (Lipinski definition) is 4. The maximum absolute atomic E-state index is 6.10. The van der Waals surface area contributed by atoms with Crippen LogP contribution in [0.4, 0.5) is 5.69 Å². The van der Waals surface area contributed by atoms with Crippen LogP contribution in [0, 0.1) is 0 Å². The van der Waals surface area contributed by atoms with E-state index in [1.165, 1.54) is 0 Å². The van der Waals surface area contributed by atoms with Gasteiger partial charge < -0.3 is 14.8 Å². The lowest BCUT2D eigenvalue weighted by atomic mass is 10.00. The molecule has 1 aliphatic rings. The van der Waals surface area contributed by atoms with Gasteiger partial charge in [-0.05, 0) is 30.3 Å². The fourth-order valence-corrected chi connectivity index (χ4v) is 2.50. The summed E-state index contributed by atoms with van der Waals surface area (Å²) in [6, 6.07) is 9.75. The van der Waals surface area contributed by atoms with E-state index in [2.05, 4.69) is 10.3 Å². The van der Waals surface area contributed by atoms with E-state index in [1.54, 1.807) is 13.3 Å². The average molecular weight is 291 g/mol. The van der Waals surface area contributed by atoms with E-state index in [0.29, 0.717) is 11.8 Å². The average Bonchev–Trinajstić information content (AvgIpc) is 2.49. The number of fused-ring (bicyclic) bond motifs is 1. The second-order valence-corrected chi connectivity index (χ2v) is 4.94. The second kappa shape index (κ2) is 5.59. The standard InChI is InChI=1S/C15H15ClN2O2/c1-19-10-4-5-14-11(9-10)12(6-8-20-14)18-13-3-2-7-17-15(13)16/h2-5,7,9,12,18H,6,8H2,1H3. The highest BCUT2D eigenvalue weighted by molar-refractivity contribution is 6.31. The van der Waals surface area contributed by atoms with E-state index in [0.717, 1.165) is 29.2 Å². The largest absolute Gasteiger partial charge is 0.497 e. The lowest BCUT2D eigenvalue weighted by Gasteiger charge is -2.28. The maximum Gasteiger partial charge on any atom is 0.152 e. The molecule has 4 nitrogen and oxygen atoms in total. The van der Waals surface area contributed by atoms with Crippen molar-refractivity contribution in [2.24, 2.45) is 0 Å². The number of halogens is 1. The number of rotatable bonds is 3.